The molecule has 7 heteroatoms. The van der Waals surface area contributed by atoms with Gasteiger partial charge in [-0.25, -0.2) is 4.79 Å². The van der Waals surface area contributed by atoms with Crippen LogP contribution < -0.4 is 10.1 Å². The number of rotatable bonds is 6. The van der Waals surface area contributed by atoms with Crippen LogP contribution in [-0.4, -0.2) is 31.5 Å². The molecule has 0 fully saturated rings. The number of alkyl carbamates (subject to hydrolysis) is 1. The highest BCUT2D eigenvalue weighted by Gasteiger charge is 2.28. The molecule has 0 saturated heterocycles. The molecule has 3 aromatic rings. The lowest BCUT2D eigenvalue weighted by Gasteiger charge is -2.13. The molecule has 0 spiro atoms. The zero-order valence-electron chi connectivity index (χ0n) is 18.9. The standard InChI is InChI=1S/C16H15NO2.C10H12O2S2/c1-17-16(18)19-10-15-13-8-4-2-6-11(13)12-7-3-5-9-14(12)15;1-3-13-14-10-7-5-4-6-9(10)12-8(2)11/h2-9,15H,10H2,1H3,(H,17,18);4-7H,3H2,1-2H3. The van der Waals surface area contributed by atoms with Gasteiger partial charge in [-0.1, -0.05) is 89.2 Å². The molecule has 0 radical (unpaired) electrons. The minimum Gasteiger partial charge on any atom is -0.449 e. The molecule has 1 amide bonds. The maximum absolute atomic E-state index is 11.3. The van der Waals surface area contributed by atoms with E-state index in [0.29, 0.717) is 12.4 Å². The van der Waals surface area contributed by atoms with Crippen LogP contribution in [0, 0.1) is 0 Å². The van der Waals surface area contributed by atoms with Crippen molar-refractivity contribution in [2.45, 2.75) is 24.7 Å². The lowest BCUT2D eigenvalue weighted by atomic mass is 9.98. The van der Waals surface area contributed by atoms with Gasteiger partial charge in [-0.05, 0) is 34.4 Å². The summed E-state index contributed by atoms with van der Waals surface area (Å²) in [5.74, 6) is 1.52. The van der Waals surface area contributed by atoms with Crippen molar-refractivity contribution in [3.63, 3.8) is 0 Å². The topological polar surface area (TPSA) is 64.6 Å². The molecule has 0 saturated carbocycles. The summed E-state index contributed by atoms with van der Waals surface area (Å²) in [6.07, 6.45) is -0.387. The molecule has 1 aliphatic carbocycles. The number of ether oxygens (including phenoxy) is 2. The summed E-state index contributed by atoms with van der Waals surface area (Å²) in [6, 6.07) is 24.1. The Bertz CT molecular complexity index is 1060. The van der Waals surface area contributed by atoms with Gasteiger partial charge in [-0.3, -0.25) is 4.79 Å². The Kier molecular flexibility index (Phi) is 9.27. The van der Waals surface area contributed by atoms with Gasteiger partial charge in [0.1, 0.15) is 12.4 Å². The highest BCUT2D eigenvalue weighted by atomic mass is 33.1. The third-order valence-corrected chi connectivity index (χ3v) is 7.39. The van der Waals surface area contributed by atoms with Crippen molar-refractivity contribution in [2.75, 3.05) is 19.4 Å². The first-order chi connectivity index (χ1) is 16.0. The van der Waals surface area contributed by atoms with E-state index in [9.17, 15) is 9.59 Å². The minimum atomic E-state index is -0.387. The third kappa shape index (κ3) is 6.55. The second kappa shape index (κ2) is 12.4. The van der Waals surface area contributed by atoms with Gasteiger partial charge in [0.2, 0.25) is 0 Å². The summed E-state index contributed by atoms with van der Waals surface area (Å²) in [5.41, 5.74) is 4.94. The summed E-state index contributed by atoms with van der Waals surface area (Å²) < 4.78 is 10.3. The molecular weight excluding hydrogens is 454 g/mol. The number of carbonyl (C=O) groups excluding carboxylic acids is 2. The van der Waals surface area contributed by atoms with E-state index in [0.717, 1.165) is 10.6 Å². The number of carbonyl (C=O) groups is 2. The summed E-state index contributed by atoms with van der Waals surface area (Å²) in [4.78, 5) is 23.1. The van der Waals surface area contributed by atoms with Crippen LogP contribution in [0.1, 0.15) is 30.9 Å². The van der Waals surface area contributed by atoms with Crippen molar-refractivity contribution < 1.29 is 19.1 Å². The normalized spacial score (nSPS) is 11.5. The Hall–Kier alpha value is -2.90. The molecule has 4 rings (SSSR count). The summed E-state index contributed by atoms with van der Waals surface area (Å²) in [7, 11) is 4.92. The molecule has 33 heavy (non-hydrogen) atoms. The Morgan fingerprint density at radius 2 is 1.48 bits per heavy atom. The van der Waals surface area contributed by atoms with Crippen LogP contribution in [0.25, 0.3) is 11.1 Å². The monoisotopic (exact) mass is 481 g/mol. The fourth-order valence-corrected chi connectivity index (χ4v) is 5.27. The van der Waals surface area contributed by atoms with E-state index in [-0.39, 0.29) is 18.0 Å². The zero-order valence-corrected chi connectivity index (χ0v) is 20.5. The van der Waals surface area contributed by atoms with Gasteiger partial charge < -0.3 is 14.8 Å². The lowest BCUT2D eigenvalue weighted by Crippen LogP contribution is -2.21. The molecule has 0 aliphatic heterocycles. The number of nitrogens with one attached hydrogen (secondary N) is 1. The quantitative estimate of drug-likeness (QED) is 0.245. The average molecular weight is 482 g/mol. The van der Waals surface area contributed by atoms with E-state index in [1.807, 2.05) is 42.5 Å². The molecule has 0 unspecified atom stereocenters. The fraction of sp³-hybridized carbons (Fsp3) is 0.231. The number of hydrogen-bond donors (Lipinski definition) is 1. The predicted molar refractivity (Wildman–Crippen MR) is 136 cm³/mol. The lowest BCUT2D eigenvalue weighted by molar-refractivity contribution is -0.132. The molecule has 5 nitrogen and oxygen atoms in total. The fourth-order valence-electron chi connectivity index (χ4n) is 3.55. The number of benzene rings is 3. The first kappa shape index (κ1) is 24.7. The number of para-hydroxylation sites is 1. The molecular formula is C26H27NO4S2. The van der Waals surface area contributed by atoms with Gasteiger partial charge in [-0.2, -0.15) is 0 Å². The molecule has 172 valence electrons. The van der Waals surface area contributed by atoms with Crippen molar-refractivity contribution in [1.29, 1.82) is 0 Å². The smallest absolute Gasteiger partial charge is 0.406 e. The summed E-state index contributed by atoms with van der Waals surface area (Å²) in [5, 5.41) is 2.48. The van der Waals surface area contributed by atoms with Crippen LogP contribution in [-0.2, 0) is 9.53 Å². The number of esters is 1. The van der Waals surface area contributed by atoms with Crippen molar-refractivity contribution >= 4 is 33.7 Å². The first-order valence-electron chi connectivity index (χ1n) is 10.6. The SMILES string of the molecule is CCSSc1ccccc1OC(C)=O.CNC(=O)OCC1c2ccccc2-c2ccccc21. The number of fused-ring (bicyclic) bond motifs is 3. The van der Waals surface area contributed by atoms with E-state index in [1.54, 1.807) is 34.7 Å². The van der Waals surface area contributed by atoms with Crippen molar-refractivity contribution in [2.24, 2.45) is 0 Å². The third-order valence-electron chi connectivity index (χ3n) is 4.92. The molecule has 0 atom stereocenters. The molecule has 0 bridgehead atoms. The Morgan fingerprint density at radius 3 is 2.06 bits per heavy atom. The van der Waals surface area contributed by atoms with E-state index in [4.69, 9.17) is 9.47 Å². The average Bonchev–Trinajstić information content (AvgIpc) is 3.16. The van der Waals surface area contributed by atoms with Crippen molar-refractivity contribution in [1.82, 2.24) is 5.32 Å². The molecule has 0 aromatic heterocycles. The largest absolute Gasteiger partial charge is 0.449 e. The highest BCUT2D eigenvalue weighted by molar-refractivity contribution is 8.76. The first-order valence-corrected chi connectivity index (χ1v) is 13.0. The van der Waals surface area contributed by atoms with Gasteiger partial charge in [0.25, 0.3) is 0 Å². The Labute approximate surface area is 202 Å². The van der Waals surface area contributed by atoms with Gasteiger partial charge in [0.05, 0.1) is 4.90 Å². The van der Waals surface area contributed by atoms with E-state index < -0.39 is 0 Å². The molecule has 1 N–H and O–H groups in total. The summed E-state index contributed by atoms with van der Waals surface area (Å²) in [6.45, 7) is 3.87. The minimum absolute atomic E-state index is 0.129. The van der Waals surface area contributed by atoms with Crippen LogP contribution in [0.3, 0.4) is 0 Å². The van der Waals surface area contributed by atoms with E-state index in [2.05, 4.69) is 36.5 Å². The number of amides is 1. The molecule has 3 aromatic carbocycles. The zero-order chi connectivity index (χ0) is 23.6. The highest BCUT2D eigenvalue weighted by Crippen LogP contribution is 2.44. The Balaban J connectivity index is 0.000000196. The van der Waals surface area contributed by atoms with Crippen LogP contribution in [0.15, 0.2) is 77.7 Å². The van der Waals surface area contributed by atoms with Crippen LogP contribution in [0.5, 0.6) is 5.75 Å². The maximum atomic E-state index is 11.3. The van der Waals surface area contributed by atoms with Crippen molar-refractivity contribution in [3.05, 3.63) is 83.9 Å². The van der Waals surface area contributed by atoms with Gasteiger partial charge in [0.15, 0.2) is 0 Å². The maximum Gasteiger partial charge on any atom is 0.406 e. The van der Waals surface area contributed by atoms with Crippen LogP contribution in [0.4, 0.5) is 4.79 Å². The van der Waals surface area contributed by atoms with E-state index >= 15 is 0 Å². The predicted octanol–water partition coefficient (Wildman–Crippen LogP) is 6.53. The second-order valence-corrected chi connectivity index (χ2v) is 9.73. The van der Waals surface area contributed by atoms with Crippen LogP contribution >= 0.6 is 21.6 Å². The second-order valence-electron chi connectivity index (χ2n) is 7.11. The van der Waals surface area contributed by atoms with Gasteiger partial charge in [0, 0.05) is 25.6 Å². The Morgan fingerprint density at radius 1 is 0.909 bits per heavy atom. The van der Waals surface area contributed by atoms with Gasteiger partial charge in [-0.15, -0.1) is 0 Å². The molecule has 0 heterocycles. The summed E-state index contributed by atoms with van der Waals surface area (Å²) >= 11 is 0. The molecule has 1 aliphatic rings. The number of hydrogen-bond acceptors (Lipinski definition) is 6. The van der Waals surface area contributed by atoms with E-state index in [1.165, 1.54) is 29.2 Å². The van der Waals surface area contributed by atoms with Crippen LogP contribution in [0.2, 0.25) is 0 Å². The van der Waals surface area contributed by atoms with Crippen molar-refractivity contribution in [3.8, 4) is 16.9 Å². The van der Waals surface area contributed by atoms with Gasteiger partial charge >= 0.3 is 12.1 Å².